The summed E-state index contributed by atoms with van der Waals surface area (Å²) in [6.45, 7) is 2.18. The molecule has 2 aliphatic rings. The van der Waals surface area contributed by atoms with E-state index in [-0.39, 0.29) is 11.9 Å². The lowest BCUT2D eigenvalue weighted by Crippen LogP contribution is -2.37. The van der Waals surface area contributed by atoms with Crippen molar-refractivity contribution in [3.05, 3.63) is 71.7 Å². The van der Waals surface area contributed by atoms with Gasteiger partial charge < -0.3 is 15.3 Å². The number of alkyl halides is 3. The first-order chi connectivity index (χ1) is 17.2. The Morgan fingerprint density at radius 3 is 2.69 bits per heavy atom. The second kappa shape index (κ2) is 10.2. The third-order valence-corrected chi connectivity index (χ3v) is 5.92. The Kier molecular flexibility index (Phi) is 7.03. The van der Waals surface area contributed by atoms with E-state index in [4.69, 9.17) is 15.2 Å². The van der Waals surface area contributed by atoms with Crippen molar-refractivity contribution in [2.45, 2.75) is 37.8 Å². The molecule has 0 unspecified atom stereocenters. The van der Waals surface area contributed by atoms with Crippen LogP contribution in [0.25, 0.3) is 11.3 Å². The summed E-state index contributed by atoms with van der Waals surface area (Å²) in [7, 11) is 0. The second-order valence-corrected chi connectivity index (χ2v) is 8.36. The molecule has 2 N–H and O–H groups in total. The van der Waals surface area contributed by atoms with Crippen molar-refractivity contribution in [2.24, 2.45) is 0 Å². The molecule has 0 spiro atoms. The van der Waals surface area contributed by atoms with Crippen LogP contribution in [0.2, 0.25) is 0 Å². The van der Waals surface area contributed by atoms with Crippen molar-refractivity contribution in [1.29, 1.82) is 5.26 Å². The number of fused-ring (bicyclic) bond motifs is 1. The number of carbonyl (C=O) groups excluding carboxylic acids is 1. The van der Waals surface area contributed by atoms with E-state index in [1.165, 1.54) is 0 Å². The minimum Gasteiger partial charge on any atom is -0.475 e. The molecule has 12 heteroatoms. The number of carbonyl (C=O) groups is 2. The summed E-state index contributed by atoms with van der Waals surface area (Å²) < 4.78 is 33.7. The lowest BCUT2D eigenvalue weighted by atomic mass is 10.1. The smallest absolute Gasteiger partial charge is 0.475 e. The molecular weight excluding hydrogens is 477 g/mol. The molecule has 2 atom stereocenters. The average molecular weight is 498 g/mol. The van der Waals surface area contributed by atoms with Crippen molar-refractivity contribution in [2.75, 3.05) is 6.54 Å². The summed E-state index contributed by atoms with van der Waals surface area (Å²) in [5, 5.41) is 24.0. The summed E-state index contributed by atoms with van der Waals surface area (Å²) in [6, 6.07) is 15.7. The Morgan fingerprint density at radius 2 is 2.03 bits per heavy atom. The van der Waals surface area contributed by atoms with Gasteiger partial charge in [0.15, 0.2) is 0 Å². The molecule has 9 nitrogen and oxygen atoms in total. The predicted octanol–water partition coefficient (Wildman–Crippen LogP) is 2.84. The Labute approximate surface area is 203 Å². The number of carboxylic acids is 1. The topological polar surface area (TPSA) is 124 Å². The number of pyridine rings is 1. The highest BCUT2D eigenvalue weighted by molar-refractivity contribution is 5.97. The number of aliphatic carboxylic acids is 1. The van der Waals surface area contributed by atoms with Gasteiger partial charge in [0.25, 0.3) is 5.91 Å². The molecule has 2 aliphatic heterocycles. The van der Waals surface area contributed by atoms with Crippen LogP contribution >= 0.6 is 0 Å². The standard InChI is InChI=1S/C22H20N6O.C2HF3O2/c23-11-15-3-1-4-16(9-15)20-6-5-17-13-28(22(29)21(17)26-20)19-10-18(24-12-19)14-27-8-2-7-25-27;3-2(4,5)1(6)7/h1-9,18-19,24H,10,12-14H2;(H,6,7)/t18-,19+;/m0./s1. The molecule has 0 bridgehead atoms. The van der Waals surface area contributed by atoms with E-state index in [1.807, 2.05) is 46.1 Å². The third kappa shape index (κ3) is 5.52. The molecule has 1 saturated heterocycles. The predicted molar refractivity (Wildman–Crippen MR) is 120 cm³/mol. The summed E-state index contributed by atoms with van der Waals surface area (Å²) in [6.07, 6.45) is -0.447. The lowest BCUT2D eigenvalue weighted by molar-refractivity contribution is -0.192. The zero-order valence-corrected chi connectivity index (χ0v) is 18.8. The van der Waals surface area contributed by atoms with Gasteiger partial charge in [0.2, 0.25) is 0 Å². The first-order valence-corrected chi connectivity index (χ1v) is 11.0. The highest BCUT2D eigenvalue weighted by Crippen LogP contribution is 2.29. The Balaban J connectivity index is 0.000000384. The quantitative estimate of drug-likeness (QED) is 0.567. The zero-order chi connectivity index (χ0) is 25.9. The van der Waals surface area contributed by atoms with Crippen molar-refractivity contribution in [3.8, 4) is 17.3 Å². The summed E-state index contributed by atoms with van der Waals surface area (Å²) in [4.78, 5) is 28.6. The fourth-order valence-corrected chi connectivity index (χ4v) is 4.20. The molecule has 0 saturated carbocycles. The number of nitriles is 1. The van der Waals surface area contributed by atoms with Crippen LogP contribution in [0.5, 0.6) is 0 Å². The number of carboxylic acid groups (broad SMARTS) is 1. The van der Waals surface area contributed by atoms with Crippen LogP contribution in [-0.2, 0) is 17.9 Å². The summed E-state index contributed by atoms with van der Waals surface area (Å²) in [5.41, 5.74) is 3.64. The van der Waals surface area contributed by atoms with Crippen LogP contribution in [0.1, 0.15) is 28.0 Å². The fourth-order valence-electron chi connectivity index (χ4n) is 4.20. The maximum Gasteiger partial charge on any atom is 0.490 e. The SMILES string of the molecule is N#Cc1cccc(-c2ccc3c(n2)C(=O)N([C@H]2CN[C@H](Cn4cccn4)C2)C3)c1.O=C(O)C(F)(F)F. The molecule has 1 fully saturated rings. The molecule has 4 heterocycles. The monoisotopic (exact) mass is 498 g/mol. The van der Waals surface area contributed by atoms with E-state index in [2.05, 4.69) is 21.5 Å². The Morgan fingerprint density at radius 1 is 1.25 bits per heavy atom. The van der Waals surface area contributed by atoms with Crippen LogP contribution in [-0.4, -0.2) is 61.5 Å². The van der Waals surface area contributed by atoms with Gasteiger partial charge in [-0.3, -0.25) is 9.48 Å². The van der Waals surface area contributed by atoms with E-state index >= 15 is 0 Å². The normalized spacial score (nSPS) is 18.8. The molecule has 36 heavy (non-hydrogen) atoms. The largest absolute Gasteiger partial charge is 0.490 e. The summed E-state index contributed by atoms with van der Waals surface area (Å²) in [5.74, 6) is -2.77. The van der Waals surface area contributed by atoms with Crippen LogP contribution in [0.4, 0.5) is 13.2 Å². The van der Waals surface area contributed by atoms with E-state index in [0.29, 0.717) is 23.8 Å². The average Bonchev–Trinajstić information content (AvgIpc) is 3.60. The van der Waals surface area contributed by atoms with Crippen LogP contribution < -0.4 is 5.32 Å². The molecular formula is C24H21F3N6O3. The number of nitrogens with zero attached hydrogens (tertiary/aromatic N) is 5. The van der Waals surface area contributed by atoms with Crippen LogP contribution in [0.15, 0.2) is 54.9 Å². The van der Waals surface area contributed by atoms with Crippen LogP contribution in [0.3, 0.4) is 0 Å². The number of halogens is 3. The van der Waals surface area contributed by atoms with Crippen molar-refractivity contribution in [3.63, 3.8) is 0 Å². The van der Waals surface area contributed by atoms with Crippen LogP contribution in [0, 0.1) is 11.3 Å². The molecule has 0 aliphatic carbocycles. The first kappa shape index (κ1) is 24.9. The van der Waals surface area contributed by atoms with E-state index in [9.17, 15) is 18.0 Å². The zero-order valence-electron chi connectivity index (χ0n) is 18.8. The Hall–Kier alpha value is -4.24. The highest BCUT2D eigenvalue weighted by Gasteiger charge is 2.39. The van der Waals surface area contributed by atoms with E-state index in [1.54, 1.807) is 18.3 Å². The van der Waals surface area contributed by atoms with Gasteiger partial charge >= 0.3 is 12.1 Å². The van der Waals surface area contributed by atoms with Crippen molar-refractivity contribution in [1.82, 2.24) is 25.0 Å². The molecule has 3 aromatic rings. The van der Waals surface area contributed by atoms with Gasteiger partial charge in [0.1, 0.15) is 5.69 Å². The molecule has 1 amide bonds. The van der Waals surface area contributed by atoms with Gasteiger partial charge in [-0.15, -0.1) is 0 Å². The van der Waals surface area contributed by atoms with Gasteiger partial charge in [-0.05, 0) is 30.7 Å². The van der Waals surface area contributed by atoms with Gasteiger partial charge in [-0.1, -0.05) is 18.2 Å². The summed E-state index contributed by atoms with van der Waals surface area (Å²) >= 11 is 0. The number of hydrogen-bond donors (Lipinski definition) is 2. The van der Waals surface area contributed by atoms with Gasteiger partial charge in [-0.2, -0.15) is 23.5 Å². The number of rotatable bonds is 4. The highest BCUT2D eigenvalue weighted by atomic mass is 19.4. The first-order valence-electron chi connectivity index (χ1n) is 11.0. The van der Waals surface area contributed by atoms with Crippen molar-refractivity contribution >= 4 is 11.9 Å². The minimum atomic E-state index is -5.08. The molecule has 186 valence electrons. The number of nitrogens with one attached hydrogen (secondary N) is 1. The van der Waals surface area contributed by atoms with Crippen molar-refractivity contribution < 1.29 is 27.9 Å². The second-order valence-electron chi connectivity index (χ2n) is 8.36. The third-order valence-electron chi connectivity index (χ3n) is 5.92. The van der Waals surface area contributed by atoms with E-state index in [0.717, 1.165) is 36.3 Å². The van der Waals surface area contributed by atoms with Gasteiger partial charge in [-0.25, -0.2) is 9.78 Å². The number of amides is 1. The molecule has 1 aromatic carbocycles. The molecule has 5 rings (SSSR count). The minimum absolute atomic E-state index is 0.00942. The van der Waals surface area contributed by atoms with E-state index < -0.39 is 12.1 Å². The Bertz CT molecular complexity index is 1300. The van der Waals surface area contributed by atoms with Gasteiger partial charge in [0.05, 0.1) is 23.9 Å². The molecule has 2 aromatic heterocycles. The lowest BCUT2D eigenvalue weighted by Gasteiger charge is -2.22. The molecule has 0 radical (unpaired) electrons. The maximum atomic E-state index is 13.1. The number of hydrogen-bond acceptors (Lipinski definition) is 6. The fraction of sp³-hybridized carbons (Fsp3) is 0.292. The number of aromatic nitrogens is 3. The van der Waals surface area contributed by atoms with Gasteiger partial charge in [0, 0.05) is 48.7 Å². The maximum absolute atomic E-state index is 13.1. The number of benzene rings is 1.